The summed E-state index contributed by atoms with van der Waals surface area (Å²) >= 11 is 0. The van der Waals surface area contributed by atoms with Gasteiger partial charge in [0.05, 0.1) is 11.3 Å². The van der Waals surface area contributed by atoms with Crippen LogP contribution >= 0.6 is 0 Å². The van der Waals surface area contributed by atoms with E-state index in [1.807, 2.05) is 4.72 Å². The van der Waals surface area contributed by atoms with Crippen LogP contribution < -0.4 is 9.46 Å². The van der Waals surface area contributed by atoms with Crippen molar-refractivity contribution in [3.05, 3.63) is 59.2 Å². The number of ether oxygens (including phenoxy) is 1. The Bertz CT molecular complexity index is 1010. The van der Waals surface area contributed by atoms with E-state index >= 15 is 0 Å². The number of fused-ring (bicyclic) bond motifs is 1. The molecule has 0 atom stereocenters. The summed E-state index contributed by atoms with van der Waals surface area (Å²) < 4.78 is 69.0. The molecule has 156 valence electrons. The number of rotatable bonds is 4. The second-order valence-electron chi connectivity index (χ2n) is 6.50. The van der Waals surface area contributed by atoms with Crippen LogP contribution in [0.2, 0.25) is 0 Å². The van der Waals surface area contributed by atoms with Crippen LogP contribution in [0.4, 0.5) is 18.0 Å². The Balaban J connectivity index is 1.75. The summed E-state index contributed by atoms with van der Waals surface area (Å²) in [6.45, 7) is 1.92. The van der Waals surface area contributed by atoms with Gasteiger partial charge in [-0.1, -0.05) is 12.1 Å². The van der Waals surface area contributed by atoms with Crippen molar-refractivity contribution in [2.24, 2.45) is 0 Å². The number of nitrogens with zero attached hydrogens (tertiary/aromatic N) is 1. The van der Waals surface area contributed by atoms with Crippen molar-refractivity contribution in [2.45, 2.75) is 26.1 Å². The number of halogens is 3. The lowest BCUT2D eigenvalue weighted by atomic mass is 9.99. The highest BCUT2D eigenvalue weighted by atomic mass is 32.2. The molecule has 0 spiro atoms. The van der Waals surface area contributed by atoms with Crippen molar-refractivity contribution < 1.29 is 31.1 Å². The van der Waals surface area contributed by atoms with Crippen LogP contribution in [0.15, 0.2) is 42.5 Å². The van der Waals surface area contributed by atoms with Crippen molar-refractivity contribution in [2.75, 3.05) is 12.3 Å². The highest BCUT2D eigenvalue weighted by molar-refractivity contribution is 7.90. The molecular formula is C19H19F3N2O4S. The zero-order valence-electron chi connectivity index (χ0n) is 15.5. The fourth-order valence-electron chi connectivity index (χ4n) is 2.95. The van der Waals surface area contributed by atoms with Crippen molar-refractivity contribution in [3.8, 4) is 11.5 Å². The molecule has 2 aromatic carbocycles. The van der Waals surface area contributed by atoms with Crippen LogP contribution in [0.5, 0.6) is 11.5 Å². The minimum atomic E-state index is -4.42. The molecule has 0 radical (unpaired) electrons. The van der Waals surface area contributed by atoms with Gasteiger partial charge in [-0.15, -0.1) is 0 Å². The first-order valence-corrected chi connectivity index (χ1v) is 10.5. The van der Waals surface area contributed by atoms with Gasteiger partial charge < -0.3 is 9.64 Å². The molecular weight excluding hydrogens is 409 g/mol. The SMILES string of the molecule is CCS(=O)(=O)NC(=O)N1CCc2c(cccc2Oc2ccc(C(F)(F)F)cc2)C1. The Hall–Kier alpha value is -2.75. The highest BCUT2D eigenvalue weighted by Gasteiger charge is 2.30. The molecule has 6 nitrogen and oxygen atoms in total. The van der Waals surface area contributed by atoms with Crippen molar-refractivity contribution >= 4 is 16.1 Å². The van der Waals surface area contributed by atoms with Gasteiger partial charge >= 0.3 is 12.2 Å². The van der Waals surface area contributed by atoms with Crippen LogP contribution in [0.25, 0.3) is 0 Å². The van der Waals surface area contributed by atoms with E-state index < -0.39 is 27.8 Å². The normalized spacial score (nSPS) is 14.3. The number of sulfonamides is 1. The van der Waals surface area contributed by atoms with Gasteiger partial charge in [0.15, 0.2) is 0 Å². The van der Waals surface area contributed by atoms with Gasteiger partial charge in [-0.2, -0.15) is 13.2 Å². The van der Waals surface area contributed by atoms with Crippen LogP contribution in [-0.2, 0) is 29.2 Å². The second-order valence-corrected chi connectivity index (χ2v) is 8.51. The van der Waals surface area contributed by atoms with E-state index in [9.17, 15) is 26.4 Å². The first kappa shape index (κ1) is 21.0. The van der Waals surface area contributed by atoms with E-state index in [1.54, 1.807) is 18.2 Å². The van der Waals surface area contributed by atoms with Crippen LogP contribution in [0.3, 0.4) is 0 Å². The topological polar surface area (TPSA) is 75.7 Å². The molecule has 2 amide bonds. The van der Waals surface area contributed by atoms with Gasteiger partial charge in [0.1, 0.15) is 11.5 Å². The Morgan fingerprint density at radius 2 is 1.86 bits per heavy atom. The molecule has 0 aromatic heterocycles. The van der Waals surface area contributed by atoms with Gasteiger partial charge in [-0.25, -0.2) is 17.9 Å². The molecule has 1 N–H and O–H groups in total. The predicted molar refractivity (Wildman–Crippen MR) is 100 cm³/mol. The molecule has 1 aliphatic heterocycles. The maximum absolute atomic E-state index is 12.7. The average Bonchev–Trinajstić information content (AvgIpc) is 2.67. The van der Waals surface area contributed by atoms with Crippen LogP contribution in [-0.4, -0.2) is 31.6 Å². The molecule has 0 unspecified atom stereocenters. The van der Waals surface area contributed by atoms with Gasteiger partial charge in [0.25, 0.3) is 0 Å². The molecule has 0 fully saturated rings. The van der Waals surface area contributed by atoms with Gasteiger partial charge in [0.2, 0.25) is 10.0 Å². The smallest absolute Gasteiger partial charge is 0.416 e. The number of hydrogen-bond donors (Lipinski definition) is 1. The van der Waals surface area contributed by atoms with E-state index in [4.69, 9.17) is 4.74 Å². The number of carbonyl (C=O) groups excluding carboxylic acids is 1. The lowest BCUT2D eigenvalue weighted by Gasteiger charge is -2.29. The van der Waals surface area contributed by atoms with E-state index in [-0.39, 0.29) is 24.6 Å². The summed E-state index contributed by atoms with van der Waals surface area (Å²) in [5.41, 5.74) is 0.850. The zero-order chi connectivity index (χ0) is 21.2. The summed E-state index contributed by atoms with van der Waals surface area (Å²) in [6.07, 6.45) is -3.99. The zero-order valence-corrected chi connectivity index (χ0v) is 16.3. The molecule has 1 heterocycles. The predicted octanol–water partition coefficient (Wildman–Crippen LogP) is 3.92. The molecule has 10 heteroatoms. The maximum Gasteiger partial charge on any atom is 0.416 e. The van der Waals surface area contributed by atoms with E-state index in [0.717, 1.165) is 23.3 Å². The minimum Gasteiger partial charge on any atom is -0.457 e. The van der Waals surface area contributed by atoms with Crippen molar-refractivity contribution in [1.29, 1.82) is 0 Å². The van der Waals surface area contributed by atoms with E-state index in [0.29, 0.717) is 12.2 Å². The van der Waals surface area contributed by atoms with Crippen molar-refractivity contribution in [3.63, 3.8) is 0 Å². The molecule has 3 rings (SSSR count). The minimum absolute atomic E-state index is 0.199. The van der Waals surface area contributed by atoms with Gasteiger partial charge in [0, 0.05) is 18.7 Å². The van der Waals surface area contributed by atoms with E-state index in [2.05, 4.69) is 0 Å². The molecule has 2 aromatic rings. The highest BCUT2D eigenvalue weighted by Crippen LogP contribution is 2.34. The first-order valence-electron chi connectivity index (χ1n) is 8.84. The number of nitrogens with one attached hydrogen (secondary N) is 1. The Morgan fingerprint density at radius 3 is 2.48 bits per heavy atom. The number of hydrogen-bond acceptors (Lipinski definition) is 4. The third-order valence-corrected chi connectivity index (χ3v) is 5.79. The van der Waals surface area contributed by atoms with E-state index in [1.165, 1.54) is 24.0 Å². The quantitative estimate of drug-likeness (QED) is 0.801. The summed E-state index contributed by atoms with van der Waals surface area (Å²) in [5, 5.41) is 0. The number of urea groups is 1. The molecule has 0 saturated carbocycles. The fraction of sp³-hybridized carbons (Fsp3) is 0.316. The maximum atomic E-state index is 12.7. The average molecular weight is 428 g/mol. The third-order valence-electron chi connectivity index (χ3n) is 4.54. The molecule has 0 aliphatic carbocycles. The first-order chi connectivity index (χ1) is 13.6. The largest absolute Gasteiger partial charge is 0.457 e. The van der Waals surface area contributed by atoms with Crippen molar-refractivity contribution in [1.82, 2.24) is 9.62 Å². The Morgan fingerprint density at radius 1 is 1.17 bits per heavy atom. The summed E-state index contributed by atoms with van der Waals surface area (Å²) in [4.78, 5) is 13.6. The lowest BCUT2D eigenvalue weighted by Crippen LogP contribution is -2.45. The summed E-state index contributed by atoms with van der Waals surface area (Å²) in [6, 6.07) is 8.92. The number of amides is 2. The lowest BCUT2D eigenvalue weighted by molar-refractivity contribution is -0.137. The Kier molecular flexibility index (Phi) is 5.74. The van der Waals surface area contributed by atoms with Crippen LogP contribution in [0.1, 0.15) is 23.6 Å². The molecule has 29 heavy (non-hydrogen) atoms. The second kappa shape index (κ2) is 7.94. The van der Waals surface area contributed by atoms with Crippen LogP contribution in [0, 0.1) is 0 Å². The molecule has 1 aliphatic rings. The Labute approximate surface area is 166 Å². The summed E-state index contributed by atoms with van der Waals surface area (Å²) in [7, 11) is -3.65. The van der Waals surface area contributed by atoms with Gasteiger partial charge in [-0.3, -0.25) is 0 Å². The number of alkyl halides is 3. The molecule has 0 saturated heterocycles. The standard InChI is InChI=1S/C19H19F3N2O4S/c1-2-29(26,27)23-18(25)24-11-10-16-13(12-24)4-3-5-17(16)28-15-8-6-14(7-9-15)19(20,21)22/h3-9H,2,10-12H2,1H3,(H,23,25). The number of carbonyl (C=O) groups is 1. The third kappa shape index (κ3) is 5.00. The fourth-order valence-corrected chi connectivity index (χ4v) is 3.49. The summed E-state index contributed by atoms with van der Waals surface area (Å²) in [5.74, 6) is 0.554. The van der Waals surface area contributed by atoms with Gasteiger partial charge in [-0.05, 0) is 49.2 Å². The monoisotopic (exact) mass is 428 g/mol. The number of benzene rings is 2. The molecule has 0 bridgehead atoms.